The van der Waals surface area contributed by atoms with Gasteiger partial charge in [-0.25, -0.2) is 0 Å². The van der Waals surface area contributed by atoms with Gasteiger partial charge in [0.15, 0.2) is 0 Å². The molecule has 0 amide bonds. The molecule has 0 aromatic heterocycles. The van der Waals surface area contributed by atoms with Gasteiger partial charge in [0.25, 0.3) is 0 Å². The summed E-state index contributed by atoms with van der Waals surface area (Å²) in [5.41, 5.74) is 0.914. The number of allylic oxidation sites excluding steroid dienone is 4. The molecule has 1 heteroatoms. The molecule has 0 unspecified atom stereocenters. The molecule has 0 rings (SSSR count). The third-order valence-electron chi connectivity index (χ3n) is 1.85. The summed E-state index contributed by atoms with van der Waals surface area (Å²) in [6.07, 6.45) is 5.88. The van der Waals surface area contributed by atoms with Crippen LogP contribution in [0.25, 0.3) is 0 Å². The molecule has 0 heterocycles. The maximum Gasteiger partial charge on any atom is 0.139 e. The summed E-state index contributed by atoms with van der Waals surface area (Å²) in [5, 5.41) is 0. The second-order valence-corrected chi connectivity index (χ2v) is 3.88. The molecule has 0 saturated carbocycles. The number of hydrogen-bond donors (Lipinski definition) is 0. The number of ketones is 1. The fraction of sp³-hybridized carbons (Fsp3) is 0.545. The van der Waals surface area contributed by atoms with Crippen LogP contribution < -0.4 is 0 Å². The fourth-order valence-electron chi connectivity index (χ4n) is 0.598. The Kier molecular flexibility index (Phi) is 3.94. The van der Waals surface area contributed by atoms with E-state index in [2.05, 4.69) is 0 Å². The molecule has 0 aliphatic rings. The Bertz CT molecular complexity index is 215. The van der Waals surface area contributed by atoms with Gasteiger partial charge in [0.2, 0.25) is 0 Å². The summed E-state index contributed by atoms with van der Waals surface area (Å²) in [5.74, 6) is 0.195. The molecular weight excluding hydrogens is 148 g/mol. The van der Waals surface area contributed by atoms with Crippen LogP contribution in [0.4, 0.5) is 0 Å². The second kappa shape index (κ2) is 4.24. The van der Waals surface area contributed by atoms with Crippen LogP contribution in [0.2, 0.25) is 0 Å². The minimum Gasteiger partial charge on any atom is -0.299 e. The average Bonchev–Trinajstić information content (AvgIpc) is 1.85. The number of carbonyl (C=O) groups excluding carboxylic acids is 1. The van der Waals surface area contributed by atoms with Crippen molar-refractivity contribution in [1.82, 2.24) is 0 Å². The SMILES string of the molecule is CC(=O)C(C)(C)/C=C/C=C(C)C. The first-order valence-electron chi connectivity index (χ1n) is 4.20. The zero-order chi connectivity index (χ0) is 9.78. The van der Waals surface area contributed by atoms with Crippen molar-refractivity contribution in [3.63, 3.8) is 0 Å². The van der Waals surface area contributed by atoms with Crippen LogP contribution >= 0.6 is 0 Å². The normalized spacial score (nSPS) is 11.8. The van der Waals surface area contributed by atoms with E-state index in [9.17, 15) is 4.79 Å². The van der Waals surface area contributed by atoms with E-state index in [1.165, 1.54) is 5.57 Å². The molecule has 0 aromatic carbocycles. The summed E-state index contributed by atoms with van der Waals surface area (Å²) in [6, 6.07) is 0. The van der Waals surface area contributed by atoms with E-state index >= 15 is 0 Å². The summed E-state index contributed by atoms with van der Waals surface area (Å²) in [7, 11) is 0. The van der Waals surface area contributed by atoms with Crippen molar-refractivity contribution in [2.45, 2.75) is 34.6 Å². The molecule has 0 fully saturated rings. The predicted octanol–water partition coefficient (Wildman–Crippen LogP) is 3.12. The summed E-state index contributed by atoms with van der Waals surface area (Å²) >= 11 is 0. The molecule has 68 valence electrons. The Labute approximate surface area is 75.2 Å². The van der Waals surface area contributed by atoms with E-state index < -0.39 is 0 Å². The maximum atomic E-state index is 11.1. The molecule has 0 saturated heterocycles. The van der Waals surface area contributed by atoms with E-state index in [0.717, 1.165) is 0 Å². The first-order chi connectivity index (χ1) is 5.36. The van der Waals surface area contributed by atoms with Gasteiger partial charge in [-0.15, -0.1) is 0 Å². The maximum absolute atomic E-state index is 11.1. The van der Waals surface area contributed by atoms with Gasteiger partial charge in [0.05, 0.1) is 0 Å². The van der Waals surface area contributed by atoms with E-state index in [1.54, 1.807) is 6.92 Å². The number of hydrogen-bond acceptors (Lipinski definition) is 1. The van der Waals surface area contributed by atoms with Gasteiger partial charge in [-0.3, -0.25) is 4.79 Å². The van der Waals surface area contributed by atoms with Gasteiger partial charge in [-0.05, 0) is 34.6 Å². The van der Waals surface area contributed by atoms with Crippen molar-refractivity contribution in [3.05, 3.63) is 23.8 Å². The third-order valence-corrected chi connectivity index (χ3v) is 1.85. The summed E-state index contributed by atoms with van der Waals surface area (Å²) in [6.45, 7) is 9.53. The Balaban J connectivity index is 4.34. The van der Waals surface area contributed by atoms with Gasteiger partial charge < -0.3 is 0 Å². The van der Waals surface area contributed by atoms with Crippen LogP contribution in [-0.2, 0) is 4.79 Å². The Morgan fingerprint density at radius 2 is 1.67 bits per heavy atom. The van der Waals surface area contributed by atoms with Crippen LogP contribution in [0, 0.1) is 5.41 Å². The number of carbonyl (C=O) groups is 1. The molecule has 0 atom stereocenters. The largest absolute Gasteiger partial charge is 0.299 e. The first-order valence-corrected chi connectivity index (χ1v) is 4.20. The van der Waals surface area contributed by atoms with E-state index in [4.69, 9.17) is 0 Å². The molecule has 0 bridgehead atoms. The number of rotatable bonds is 3. The standard InChI is InChI=1S/C11H18O/c1-9(2)7-6-8-11(4,5)10(3)12/h6-8H,1-5H3/b8-6+. The molecule has 0 aromatic rings. The van der Waals surface area contributed by atoms with Crippen LogP contribution in [0.15, 0.2) is 23.8 Å². The quantitative estimate of drug-likeness (QED) is 0.589. The highest BCUT2D eigenvalue weighted by molar-refractivity contribution is 5.83. The smallest absolute Gasteiger partial charge is 0.139 e. The van der Waals surface area contributed by atoms with Gasteiger partial charge in [0, 0.05) is 5.41 Å². The molecule has 0 aliphatic carbocycles. The van der Waals surface area contributed by atoms with Crippen molar-refractivity contribution in [2.75, 3.05) is 0 Å². The van der Waals surface area contributed by atoms with Crippen molar-refractivity contribution < 1.29 is 4.79 Å². The predicted molar refractivity (Wildman–Crippen MR) is 53.0 cm³/mol. The van der Waals surface area contributed by atoms with Gasteiger partial charge in [-0.2, -0.15) is 0 Å². The highest BCUT2D eigenvalue weighted by Crippen LogP contribution is 2.17. The fourth-order valence-corrected chi connectivity index (χ4v) is 0.598. The number of Topliss-reactive ketones (excluding diaryl/α,β-unsaturated/α-hetero) is 1. The minimum absolute atomic E-state index is 0.195. The molecular formula is C11H18O. The summed E-state index contributed by atoms with van der Waals surface area (Å²) < 4.78 is 0. The van der Waals surface area contributed by atoms with Crippen LogP contribution in [-0.4, -0.2) is 5.78 Å². The monoisotopic (exact) mass is 166 g/mol. The van der Waals surface area contributed by atoms with E-state index in [-0.39, 0.29) is 11.2 Å². The molecule has 0 N–H and O–H groups in total. The van der Waals surface area contributed by atoms with Gasteiger partial charge in [0.1, 0.15) is 5.78 Å². The van der Waals surface area contributed by atoms with Crippen LogP contribution in [0.5, 0.6) is 0 Å². The Hall–Kier alpha value is -0.850. The van der Waals surface area contributed by atoms with Crippen molar-refractivity contribution in [2.24, 2.45) is 5.41 Å². The lowest BCUT2D eigenvalue weighted by molar-refractivity contribution is -0.122. The molecule has 0 aliphatic heterocycles. The van der Waals surface area contributed by atoms with Crippen molar-refractivity contribution in [1.29, 1.82) is 0 Å². The third kappa shape index (κ3) is 4.12. The van der Waals surface area contributed by atoms with Crippen molar-refractivity contribution in [3.8, 4) is 0 Å². The van der Waals surface area contributed by atoms with E-state index in [1.807, 2.05) is 45.9 Å². The molecule has 0 spiro atoms. The topological polar surface area (TPSA) is 17.1 Å². The molecule has 12 heavy (non-hydrogen) atoms. The van der Waals surface area contributed by atoms with Gasteiger partial charge >= 0.3 is 0 Å². The lowest BCUT2D eigenvalue weighted by Gasteiger charge is -2.14. The highest BCUT2D eigenvalue weighted by atomic mass is 16.1. The van der Waals surface area contributed by atoms with Crippen LogP contribution in [0.1, 0.15) is 34.6 Å². The van der Waals surface area contributed by atoms with Crippen molar-refractivity contribution >= 4 is 5.78 Å². The van der Waals surface area contributed by atoms with Gasteiger partial charge in [-0.1, -0.05) is 23.8 Å². The Morgan fingerprint density at radius 1 is 1.17 bits per heavy atom. The lowest BCUT2D eigenvalue weighted by atomic mass is 9.88. The highest BCUT2D eigenvalue weighted by Gasteiger charge is 2.18. The average molecular weight is 166 g/mol. The zero-order valence-corrected chi connectivity index (χ0v) is 8.64. The molecule has 0 radical (unpaired) electrons. The van der Waals surface area contributed by atoms with E-state index in [0.29, 0.717) is 0 Å². The second-order valence-electron chi connectivity index (χ2n) is 3.88. The molecule has 1 nitrogen and oxygen atoms in total. The minimum atomic E-state index is -0.327. The first kappa shape index (κ1) is 11.2. The Morgan fingerprint density at radius 3 is 2.00 bits per heavy atom. The lowest BCUT2D eigenvalue weighted by Crippen LogP contribution is -2.17. The van der Waals surface area contributed by atoms with Crippen LogP contribution in [0.3, 0.4) is 0 Å². The zero-order valence-electron chi connectivity index (χ0n) is 8.64. The summed E-state index contributed by atoms with van der Waals surface area (Å²) in [4.78, 5) is 11.1.